The van der Waals surface area contributed by atoms with Crippen molar-refractivity contribution in [2.45, 2.75) is 37.5 Å². The molecule has 1 N–H and O–H groups in total. The minimum Gasteiger partial charge on any atom is -0.495 e. The van der Waals surface area contributed by atoms with Crippen LogP contribution in [0, 0.1) is 0 Å². The van der Waals surface area contributed by atoms with Crippen molar-refractivity contribution in [2.24, 2.45) is 0 Å². The number of sulfonamides is 1. The Kier molecular flexibility index (Phi) is 7.33. The van der Waals surface area contributed by atoms with E-state index in [9.17, 15) is 13.2 Å². The fourth-order valence-electron chi connectivity index (χ4n) is 3.42. The Labute approximate surface area is 178 Å². The molecule has 0 saturated carbocycles. The van der Waals surface area contributed by atoms with Crippen LogP contribution in [0.15, 0.2) is 47.4 Å². The van der Waals surface area contributed by atoms with Crippen LogP contribution < -0.4 is 19.1 Å². The molecular weight excluding hydrogens is 404 g/mol. The molecule has 1 fully saturated rings. The summed E-state index contributed by atoms with van der Waals surface area (Å²) in [6, 6.07) is 12.3. The average Bonchev–Trinajstić information content (AvgIpc) is 3.18. The smallest absolute Gasteiger partial charge is 0.240 e. The van der Waals surface area contributed by atoms with Crippen molar-refractivity contribution < 1.29 is 22.7 Å². The number of anilines is 1. The second kappa shape index (κ2) is 9.95. The third-order valence-corrected chi connectivity index (χ3v) is 6.41. The molecule has 1 saturated heterocycles. The molecular formula is C22H28N2O5S. The molecule has 1 aliphatic rings. The third kappa shape index (κ3) is 5.31. The highest BCUT2D eigenvalue weighted by Crippen LogP contribution is 2.33. The number of carbonyl (C=O) groups is 1. The lowest BCUT2D eigenvalue weighted by atomic mass is 10.1. The SMILES string of the molecule is CCCc1ccc(OCCNS(=O)(=O)c2ccc(OC)c(N3CCCC3=O)c2)cc1. The average molecular weight is 433 g/mol. The summed E-state index contributed by atoms with van der Waals surface area (Å²) in [5, 5.41) is 0. The topological polar surface area (TPSA) is 84.9 Å². The number of hydrogen-bond acceptors (Lipinski definition) is 5. The highest BCUT2D eigenvalue weighted by atomic mass is 32.2. The van der Waals surface area contributed by atoms with E-state index in [1.54, 1.807) is 11.0 Å². The van der Waals surface area contributed by atoms with Gasteiger partial charge in [0, 0.05) is 19.5 Å². The Morgan fingerprint density at radius 3 is 2.53 bits per heavy atom. The molecule has 0 unspecified atom stereocenters. The molecule has 8 heteroatoms. The largest absolute Gasteiger partial charge is 0.495 e. The molecule has 2 aromatic carbocycles. The van der Waals surface area contributed by atoms with Gasteiger partial charge in [-0.1, -0.05) is 25.5 Å². The Morgan fingerprint density at radius 2 is 1.90 bits per heavy atom. The fraction of sp³-hybridized carbons (Fsp3) is 0.409. The van der Waals surface area contributed by atoms with Gasteiger partial charge in [-0.25, -0.2) is 13.1 Å². The number of benzene rings is 2. The summed E-state index contributed by atoms with van der Waals surface area (Å²) in [4.78, 5) is 13.8. The van der Waals surface area contributed by atoms with Gasteiger partial charge in [0.25, 0.3) is 0 Å². The normalized spacial score (nSPS) is 14.2. The van der Waals surface area contributed by atoms with Crippen LogP contribution >= 0.6 is 0 Å². The molecule has 2 aromatic rings. The van der Waals surface area contributed by atoms with Crippen molar-refractivity contribution in [3.63, 3.8) is 0 Å². The summed E-state index contributed by atoms with van der Waals surface area (Å²) in [5.41, 5.74) is 1.73. The summed E-state index contributed by atoms with van der Waals surface area (Å²) >= 11 is 0. The summed E-state index contributed by atoms with van der Waals surface area (Å²) in [7, 11) is -2.25. The van der Waals surface area contributed by atoms with E-state index < -0.39 is 10.0 Å². The van der Waals surface area contributed by atoms with Gasteiger partial charge in [-0.2, -0.15) is 0 Å². The molecule has 0 spiro atoms. The molecule has 162 valence electrons. The number of amides is 1. The molecule has 0 aromatic heterocycles. The predicted octanol–water partition coefficient (Wildman–Crippen LogP) is 3.13. The lowest BCUT2D eigenvalue weighted by molar-refractivity contribution is -0.117. The Balaban J connectivity index is 1.61. The highest BCUT2D eigenvalue weighted by molar-refractivity contribution is 7.89. The Hall–Kier alpha value is -2.58. The van der Waals surface area contributed by atoms with Gasteiger partial charge in [-0.3, -0.25) is 4.79 Å². The maximum Gasteiger partial charge on any atom is 0.240 e. The van der Waals surface area contributed by atoms with E-state index in [1.165, 1.54) is 24.8 Å². The van der Waals surface area contributed by atoms with Gasteiger partial charge in [-0.05, 0) is 48.7 Å². The molecule has 0 bridgehead atoms. The first-order valence-electron chi connectivity index (χ1n) is 10.1. The van der Waals surface area contributed by atoms with Crippen LogP contribution in [-0.4, -0.2) is 41.1 Å². The molecule has 0 atom stereocenters. The molecule has 1 heterocycles. The summed E-state index contributed by atoms with van der Waals surface area (Å²) in [5.74, 6) is 1.14. The number of methoxy groups -OCH3 is 1. The molecule has 3 rings (SSSR count). The number of hydrogen-bond donors (Lipinski definition) is 1. The van der Waals surface area contributed by atoms with E-state index in [0.29, 0.717) is 30.2 Å². The fourth-order valence-corrected chi connectivity index (χ4v) is 4.45. The zero-order chi connectivity index (χ0) is 21.6. The van der Waals surface area contributed by atoms with Gasteiger partial charge in [0.05, 0.1) is 17.7 Å². The van der Waals surface area contributed by atoms with E-state index in [0.717, 1.165) is 19.3 Å². The monoisotopic (exact) mass is 432 g/mol. The molecule has 30 heavy (non-hydrogen) atoms. The number of nitrogens with zero attached hydrogens (tertiary/aromatic N) is 1. The third-order valence-electron chi connectivity index (χ3n) is 4.95. The van der Waals surface area contributed by atoms with Crippen molar-refractivity contribution in [3.8, 4) is 11.5 Å². The molecule has 1 aliphatic heterocycles. The maximum atomic E-state index is 12.7. The summed E-state index contributed by atoms with van der Waals surface area (Å²) in [6.07, 6.45) is 3.30. The van der Waals surface area contributed by atoms with Gasteiger partial charge in [0.2, 0.25) is 15.9 Å². The van der Waals surface area contributed by atoms with Crippen LogP contribution in [0.2, 0.25) is 0 Å². The summed E-state index contributed by atoms with van der Waals surface area (Å²) < 4.78 is 38.9. The molecule has 1 amide bonds. The minimum atomic E-state index is -3.75. The van der Waals surface area contributed by atoms with Gasteiger partial charge in [-0.15, -0.1) is 0 Å². The van der Waals surface area contributed by atoms with Crippen molar-refractivity contribution >= 4 is 21.6 Å². The van der Waals surface area contributed by atoms with Crippen LogP contribution in [0.4, 0.5) is 5.69 Å². The van der Waals surface area contributed by atoms with Crippen LogP contribution in [0.5, 0.6) is 11.5 Å². The predicted molar refractivity (Wildman–Crippen MR) is 116 cm³/mol. The highest BCUT2D eigenvalue weighted by Gasteiger charge is 2.26. The van der Waals surface area contributed by atoms with E-state index in [4.69, 9.17) is 9.47 Å². The Morgan fingerprint density at radius 1 is 1.13 bits per heavy atom. The quantitative estimate of drug-likeness (QED) is 0.583. The standard InChI is InChI=1S/C22H28N2O5S/c1-3-5-17-7-9-18(10-8-17)29-15-13-23-30(26,27)19-11-12-21(28-2)20(16-19)24-14-4-6-22(24)25/h7-12,16,23H,3-6,13-15H2,1-2H3. The van der Waals surface area contributed by atoms with Crippen LogP contribution in [0.1, 0.15) is 31.7 Å². The van der Waals surface area contributed by atoms with Crippen molar-refractivity contribution in [2.75, 3.05) is 31.7 Å². The summed E-state index contributed by atoms with van der Waals surface area (Å²) in [6.45, 7) is 3.02. The van der Waals surface area contributed by atoms with E-state index in [-0.39, 0.29) is 24.0 Å². The molecule has 7 nitrogen and oxygen atoms in total. The van der Waals surface area contributed by atoms with Crippen LogP contribution in [0.25, 0.3) is 0 Å². The van der Waals surface area contributed by atoms with E-state index in [1.807, 2.05) is 24.3 Å². The first-order chi connectivity index (χ1) is 14.4. The number of rotatable bonds is 10. The second-order valence-electron chi connectivity index (χ2n) is 7.12. The van der Waals surface area contributed by atoms with Crippen molar-refractivity contribution in [3.05, 3.63) is 48.0 Å². The van der Waals surface area contributed by atoms with Gasteiger partial charge < -0.3 is 14.4 Å². The zero-order valence-electron chi connectivity index (χ0n) is 17.4. The van der Waals surface area contributed by atoms with Gasteiger partial charge in [0.1, 0.15) is 18.1 Å². The maximum absolute atomic E-state index is 12.7. The van der Waals surface area contributed by atoms with E-state index >= 15 is 0 Å². The van der Waals surface area contributed by atoms with Gasteiger partial charge in [0.15, 0.2) is 0 Å². The van der Waals surface area contributed by atoms with Crippen molar-refractivity contribution in [1.29, 1.82) is 0 Å². The first-order valence-corrected chi connectivity index (χ1v) is 11.6. The second-order valence-corrected chi connectivity index (χ2v) is 8.89. The van der Waals surface area contributed by atoms with Crippen LogP contribution in [0.3, 0.4) is 0 Å². The van der Waals surface area contributed by atoms with Gasteiger partial charge >= 0.3 is 0 Å². The zero-order valence-corrected chi connectivity index (χ0v) is 18.2. The van der Waals surface area contributed by atoms with Crippen LogP contribution in [-0.2, 0) is 21.2 Å². The number of ether oxygens (including phenoxy) is 2. The molecule has 0 aliphatic carbocycles. The Bertz CT molecular complexity index is 974. The number of aryl methyl sites for hydroxylation is 1. The van der Waals surface area contributed by atoms with Crippen molar-refractivity contribution in [1.82, 2.24) is 4.72 Å². The molecule has 0 radical (unpaired) electrons. The lowest BCUT2D eigenvalue weighted by Crippen LogP contribution is -2.29. The number of carbonyl (C=O) groups excluding carboxylic acids is 1. The first kappa shape index (κ1) is 22.1. The number of nitrogens with one attached hydrogen (secondary N) is 1. The minimum absolute atomic E-state index is 0.0332. The lowest BCUT2D eigenvalue weighted by Gasteiger charge is -2.20. The van der Waals surface area contributed by atoms with E-state index in [2.05, 4.69) is 11.6 Å².